The number of benzene rings is 1. The zero-order chi connectivity index (χ0) is 45.4. The minimum absolute atomic E-state index is 0.0212. The highest BCUT2D eigenvalue weighted by Crippen LogP contribution is 2.38. The molecule has 1 aromatic rings. The second-order valence-corrected chi connectivity index (χ2v) is 29.2. The van der Waals surface area contributed by atoms with Crippen LogP contribution in [0.5, 0.6) is 5.75 Å². The first-order valence-electron chi connectivity index (χ1n) is 21.5. The minimum atomic E-state index is -2.12. The third-order valence-corrected chi connectivity index (χ3v) is 17.2. The van der Waals surface area contributed by atoms with Gasteiger partial charge in [-0.2, -0.15) is 0 Å². The normalized spacial score (nSPS) is 24.7. The number of carbonyl (C=O) groups is 3. The molecule has 12 heteroatoms. The van der Waals surface area contributed by atoms with Crippen molar-refractivity contribution in [2.75, 3.05) is 13.7 Å². The summed E-state index contributed by atoms with van der Waals surface area (Å²) in [4.78, 5) is 43.1. The topological polar surface area (TPSA) is 110 Å². The number of imide groups is 1. The molecule has 2 aliphatic heterocycles. The van der Waals surface area contributed by atoms with E-state index in [0.717, 1.165) is 33.6 Å². The molecule has 3 rings (SSSR count). The first kappa shape index (κ1) is 51.3. The predicted molar refractivity (Wildman–Crippen MR) is 251 cm³/mol. The first-order chi connectivity index (χ1) is 28.6. The molecule has 0 aromatic heterocycles. The van der Waals surface area contributed by atoms with Crippen LogP contribution in [-0.4, -0.2) is 83.6 Å². The molecular formula is C49H73NO9Si2. The van der Waals surface area contributed by atoms with Gasteiger partial charge in [-0.15, -0.1) is 0 Å². The van der Waals surface area contributed by atoms with Crippen molar-refractivity contribution in [3.8, 4) is 5.75 Å². The number of nitrogens with zero attached hydrogens (tertiary/aromatic N) is 1. The Kier molecular flexibility index (Phi) is 20.1. The molecule has 0 N–H and O–H groups in total. The average Bonchev–Trinajstić information content (AvgIpc) is 3.14. The van der Waals surface area contributed by atoms with Crippen LogP contribution >= 0.6 is 0 Å². The number of amides is 2. The molecule has 2 bridgehead atoms. The molecule has 2 aliphatic rings. The number of esters is 1. The molecule has 336 valence electrons. The Morgan fingerprint density at radius 2 is 1.70 bits per heavy atom. The fourth-order valence-corrected chi connectivity index (χ4v) is 8.53. The Morgan fingerprint density at radius 1 is 1.00 bits per heavy atom. The van der Waals surface area contributed by atoms with Gasteiger partial charge in [0, 0.05) is 26.6 Å². The van der Waals surface area contributed by atoms with Crippen molar-refractivity contribution < 1.29 is 42.5 Å². The molecular weight excluding hydrogens is 803 g/mol. The lowest BCUT2D eigenvalue weighted by Crippen LogP contribution is -2.52. The zero-order valence-electron chi connectivity index (χ0n) is 39.0. The molecule has 1 saturated heterocycles. The fraction of sp³-hybridized carbons (Fsp3) is 0.531. The second-order valence-electron chi connectivity index (χ2n) is 18.9. The van der Waals surface area contributed by atoms with Gasteiger partial charge in [0.05, 0.1) is 38.6 Å². The van der Waals surface area contributed by atoms with Crippen molar-refractivity contribution in [1.82, 2.24) is 4.90 Å². The van der Waals surface area contributed by atoms with Crippen molar-refractivity contribution in [3.63, 3.8) is 0 Å². The highest BCUT2D eigenvalue weighted by molar-refractivity contribution is 6.76. The van der Waals surface area contributed by atoms with Gasteiger partial charge in [-0.1, -0.05) is 124 Å². The van der Waals surface area contributed by atoms with E-state index in [1.807, 2.05) is 45.1 Å². The molecule has 61 heavy (non-hydrogen) atoms. The minimum Gasteiger partial charge on any atom is -0.497 e. The van der Waals surface area contributed by atoms with Gasteiger partial charge in [-0.3, -0.25) is 4.79 Å². The predicted octanol–water partition coefficient (Wildman–Crippen LogP) is 11.6. The van der Waals surface area contributed by atoms with E-state index in [0.29, 0.717) is 31.1 Å². The summed E-state index contributed by atoms with van der Waals surface area (Å²) in [6.45, 7) is 27.9. The highest BCUT2D eigenvalue weighted by Gasteiger charge is 2.40. The fourth-order valence-electron chi connectivity index (χ4n) is 6.54. The van der Waals surface area contributed by atoms with Crippen molar-refractivity contribution in [3.05, 3.63) is 114 Å². The van der Waals surface area contributed by atoms with Crippen LogP contribution in [-0.2, 0) is 39.6 Å². The van der Waals surface area contributed by atoms with E-state index in [1.54, 1.807) is 43.5 Å². The Balaban J connectivity index is 2.16. The molecule has 0 unspecified atom stereocenters. The van der Waals surface area contributed by atoms with Crippen LogP contribution in [0.1, 0.15) is 79.2 Å². The summed E-state index contributed by atoms with van der Waals surface area (Å²) in [5, 5.41) is 0.0241. The van der Waals surface area contributed by atoms with Gasteiger partial charge in [-0.25, -0.2) is 14.5 Å². The van der Waals surface area contributed by atoms with Crippen LogP contribution < -0.4 is 4.74 Å². The van der Waals surface area contributed by atoms with E-state index < -0.39 is 46.7 Å². The molecule has 10 nitrogen and oxygen atoms in total. The number of fused-ring (bicyclic) bond motifs is 2. The average molecular weight is 876 g/mol. The molecule has 0 radical (unpaired) electrons. The number of allylic oxidation sites excluding steroid dienone is 5. The Hall–Kier alpha value is -4.08. The standard InChI is InChI=1S/C49H73NO9Si2/c1-14-15-16-22-45(51)50(48(53)55-28-29-60(9,10)11)47(56-35-39-24-26-40(54-8)27-25-39)44-34-38(4)33-43-32-37(3)31-41(57-43)20-18-21-42(59-61(12,13)49(5,6)7)30-36(2)19-17-23-46(52)58-44/h14-19,21-27,33,41-44,47H,3,20,28-32,34-35H2,1-2,4-13H3/b15-14+,21-18+,22-16-,23-17+,36-19-,38-33+/t41-,42+,43-,44+,47-/m1/s1. The van der Waals surface area contributed by atoms with Crippen LogP contribution in [0, 0.1) is 0 Å². The number of ether oxygens (including phenoxy) is 5. The van der Waals surface area contributed by atoms with Crippen LogP contribution in [0.15, 0.2) is 108 Å². The third-order valence-electron chi connectivity index (χ3n) is 11.0. The lowest BCUT2D eigenvalue weighted by atomic mass is 9.95. The Morgan fingerprint density at radius 3 is 2.34 bits per heavy atom. The number of cyclic esters (lactones) is 1. The quantitative estimate of drug-likeness (QED) is 0.0478. The van der Waals surface area contributed by atoms with E-state index in [-0.39, 0.29) is 43.0 Å². The van der Waals surface area contributed by atoms with Crippen molar-refractivity contribution in [2.45, 2.75) is 155 Å². The van der Waals surface area contributed by atoms with Gasteiger partial charge < -0.3 is 28.1 Å². The molecule has 0 spiro atoms. The SMILES string of the molecule is C=C1C[C@H]2C/C=C/[C@H](O[Si](C)(C)C(C)(C)C)C/C(C)=C\C=C\C(=O)O[C@H]([C@@H](OCc3ccc(OC)cc3)N(C(=O)/C=C\C=C\C)C(=O)OCC[Si](C)(C)C)C/C(C)=C/[C@@H](C1)O2. The molecule has 5 atom stereocenters. The molecule has 0 aliphatic carbocycles. The summed E-state index contributed by atoms with van der Waals surface area (Å²) < 4.78 is 37.4. The number of methoxy groups -OCH3 is 1. The summed E-state index contributed by atoms with van der Waals surface area (Å²) >= 11 is 0. The van der Waals surface area contributed by atoms with Crippen LogP contribution in [0.4, 0.5) is 4.79 Å². The number of hydrogen-bond acceptors (Lipinski definition) is 9. The summed E-state index contributed by atoms with van der Waals surface area (Å²) in [6, 6.07) is 7.96. The van der Waals surface area contributed by atoms with E-state index in [1.165, 1.54) is 12.2 Å². The number of rotatable bonds is 13. The van der Waals surface area contributed by atoms with Crippen molar-refractivity contribution in [2.24, 2.45) is 0 Å². The lowest BCUT2D eigenvalue weighted by Gasteiger charge is -2.39. The number of hydrogen-bond donors (Lipinski definition) is 0. The zero-order valence-corrected chi connectivity index (χ0v) is 41.0. The summed E-state index contributed by atoms with van der Waals surface area (Å²) in [7, 11) is -2.15. The molecule has 2 heterocycles. The third kappa shape index (κ3) is 18.0. The Bertz CT molecular complexity index is 1810. The smallest absolute Gasteiger partial charge is 0.419 e. The molecule has 2 amide bonds. The maximum Gasteiger partial charge on any atom is 0.419 e. The van der Waals surface area contributed by atoms with Crippen molar-refractivity contribution >= 4 is 34.4 Å². The van der Waals surface area contributed by atoms with Gasteiger partial charge in [0.15, 0.2) is 20.6 Å². The van der Waals surface area contributed by atoms with Gasteiger partial charge in [-0.05, 0) is 88.3 Å². The van der Waals surface area contributed by atoms with Crippen LogP contribution in [0.2, 0.25) is 43.8 Å². The maximum absolute atomic E-state index is 14.1. The second kappa shape index (κ2) is 24.0. The maximum atomic E-state index is 14.1. The summed E-state index contributed by atoms with van der Waals surface area (Å²) in [6.07, 6.45) is 16.4. The number of carbonyl (C=O) groups excluding carboxylic acids is 3. The summed E-state index contributed by atoms with van der Waals surface area (Å²) in [5.74, 6) is -0.683. The van der Waals surface area contributed by atoms with Gasteiger partial charge in [0.25, 0.3) is 5.91 Å². The molecule has 0 saturated carbocycles. The van der Waals surface area contributed by atoms with Crippen LogP contribution in [0.25, 0.3) is 0 Å². The van der Waals surface area contributed by atoms with E-state index >= 15 is 0 Å². The highest BCUT2D eigenvalue weighted by atomic mass is 28.4. The largest absolute Gasteiger partial charge is 0.497 e. The van der Waals surface area contributed by atoms with Crippen molar-refractivity contribution in [1.29, 1.82) is 0 Å². The monoisotopic (exact) mass is 875 g/mol. The van der Waals surface area contributed by atoms with Gasteiger partial charge >= 0.3 is 12.1 Å². The van der Waals surface area contributed by atoms with Gasteiger partial charge in [0.2, 0.25) is 0 Å². The van der Waals surface area contributed by atoms with Crippen LogP contribution in [0.3, 0.4) is 0 Å². The van der Waals surface area contributed by atoms with E-state index in [4.69, 9.17) is 28.1 Å². The first-order valence-corrected chi connectivity index (χ1v) is 28.1. The summed E-state index contributed by atoms with van der Waals surface area (Å²) in [5.41, 5.74) is 3.67. The molecule has 1 aromatic carbocycles. The van der Waals surface area contributed by atoms with E-state index in [9.17, 15) is 14.4 Å². The lowest BCUT2D eigenvalue weighted by molar-refractivity contribution is -0.172. The Labute approximate surface area is 368 Å². The molecule has 1 fully saturated rings. The van der Waals surface area contributed by atoms with E-state index in [2.05, 4.69) is 72.2 Å². The van der Waals surface area contributed by atoms with Gasteiger partial charge in [0.1, 0.15) is 5.75 Å².